The molecular weight excluding hydrogens is 316 g/mol. The number of hydrogen-bond acceptors (Lipinski definition) is 4. The van der Waals surface area contributed by atoms with E-state index in [-0.39, 0.29) is 24.4 Å². The predicted molar refractivity (Wildman–Crippen MR) is 97.2 cm³/mol. The van der Waals surface area contributed by atoms with E-state index in [4.69, 9.17) is 18.9 Å². The van der Waals surface area contributed by atoms with Crippen molar-refractivity contribution >= 4 is 0 Å². The summed E-state index contributed by atoms with van der Waals surface area (Å²) in [5.74, 6) is -0.183. The summed E-state index contributed by atoms with van der Waals surface area (Å²) >= 11 is 0. The molecule has 1 aromatic carbocycles. The van der Waals surface area contributed by atoms with Crippen LogP contribution in [0.15, 0.2) is 43.0 Å². The van der Waals surface area contributed by atoms with Crippen LogP contribution in [0.3, 0.4) is 0 Å². The van der Waals surface area contributed by atoms with Gasteiger partial charge in [0.1, 0.15) is 0 Å². The fraction of sp³-hybridized carbons (Fsp3) is 0.619. The summed E-state index contributed by atoms with van der Waals surface area (Å²) in [6.07, 6.45) is 3.84. The molecule has 2 fully saturated rings. The summed E-state index contributed by atoms with van der Waals surface area (Å²) in [7, 11) is 0. The molecule has 0 N–H and O–H groups in total. The number of ether oxygens (including phenoxy) is 4. The summed E-state index contributed by atoms with van der Waals surface area (Å²) in [5, 5.41) is 0. The van der Waals surface area contributed by atoms with Crippen molar-refractivity contribution in [3.63, 3.8) is 0 Å². The Morgan fingerprint density at radius 1 is 1.24 bits per heavy atom. The molecule has 0 aliphatic carbocycles. The summed E-state index contributed by atoms with van der Waals surface area (Å²) in [5.41, 5.74) is 1.18. The molecule has 0 bridgehead atoms. The molecule has 4 heteroatoms. The molecule has 4 nitrogen and oxygen atoms in total. The van der Waals surface area contributed by atoms with Gasteiger partial charge in [-0.15, -0.1) is 6.58 Å². The van der Waals surface area contributed by atoms with E-state index in [2.05, 4.69) is 25.6 Å². The second kappa shape index (κ2) is 8.00. The third-order valence-corrected chi connectivity index (χ3v) is 5.07. The molecular formula is C21H30O4. The van der Waals surface area contributed by atoms with E-state index in [0.717, 1.165) is 12.8 Å². The predicted octanol–water partition coefficient (Wildman–Crippen LogP) is 4.09. The molecule has 2 saturated heterocycles. The van der Waals surface area contributed by atoms with E-state index in [1.807, 2.05) is 38.1 Å². The molecule has 0 aromatic heterocycles. The van der Waals surface area contributed by atoms with Crippen LogP contribution < -0.4 is 0 Å². The minimum Gasteiger partial charge on any atom is -0.371 e. The van der Waals surface area contributed by atoms with Crippen molar-refractivity contribution in [2.45, 2.75) is 70.4 Å². The zero-order valence-corrected chi connectivity index (χ0v) is 15.5. The van der Waals surface area contributed by atoms with Crippen LogP contribution in [0.4, 0.5) is 0 Å². The van der Waals surface area contributed by atoms with Crippen molar-refractivity contribution in [1.29, 1.82) is 0 Å². The smallest absolute Gasteiger partial charge is 0.163 e. The van der Waals surface area contributed by atoms with E-state index in [9.17, 15) is 0 Å². The van der Waals surface area contributed by atoms with Gasteiger partial charge >= 0.3 is 0 Å². The Kier molecular flexibility index (Phi) is 5.95. The number of benzene rings is 1. The standard InChI is InChI=1S/C21H30O4/c1-5-9-18-15(2)20(22-13-16-10-7-6-8-11-16)19(24-18)12-17-14-23-21(3,4)25-17/h5-8,10-11,15,17-20H,1,9,12-14H2,2-4H3/t15-,17?,18-,19+,20+/m0/s1. The van der Waals surface area contributed by atoms with Gasteiger partial charge < -0.3 is 18.9 Å². The molecule has 1 unspecified atom stereocenters. The highest BCUT2D eigenvalue weighted by molar-refractivity contribution is 5.13. The van der Waals surface area contributed by atoms with Gasteiger partial charge in [0.2, 0.25) is 0 Å². The van der Waals surface area contributed by atoms with Gasteiger partial charge in [0.25, 0.3) is 0 Å². The zero-order chi connectivity index (χ0) is 17.9. The first-order valence-electron chi connectivity index (χ1n) is 9.22. The Hall–Kier alpha value is -1.20. The third kappa shape index (κ3) is 4.70. The molecule has 0 spiro atoms. The van der Waals surface area contributed by atoms with E-state index in [0.29, 0.717) is 19.1 Å². The molecule has 0 saturated carbocycles. The molecule has 2 aliphatic heterocycles. The first-order valence-corrected chi connectivity index (χ1v) is 9.22. The Morgan fingerprint density at radius 2 is 2.00 bits per heavy atom. The fourth-order valence-electron chi connectivity index (χ4n) is 3.76. The Morgan fingerprint density at radius 3 is 2.64 bits per heavy atom. The molecule has 3 rings (SSSR count). The van der Waals surface area contributed by atoms with Crippen molar-refractivity contribution in [1.82, 2.24) is 0 Å². The maximum absolute atomic E-state index is 6.31. The minimum atomic E-state index is -0.504. The molecule has 5 atom stereocenters. The summed E-state index contributed by atoms with van der Waals surface area (Å²) in [6.45, 7) is 11.2. The first kappa shape index (κ1) is 18.6. The van der Waals surface area contributed by atoms with E-state index in [1.165, 1.54) is 5.56 Å². The second-order valence-electron chi connectivity index (χ2n) is 7.54. The van der Waals surface area contributed by atoms with Crippen LogP contribution in [-0.4, -0.2) is 36.8 Å². The molecule has 138 valence electrons. The Bertz CT molecular complexity index is 556. The van der Waals surface area contributed by atoms with Crippen LogP contribution in [-0.2, 0) is 25.6 Å². The largest absolute Gasteiger partial charge is 0.371 e. The summed E-state index contributed by atoms with van der Waals surface area (Å²) < 4.78 is 24.3. The molecule has 25 heavy (non-hydrogen) atoms. The van der Waals surface area contributed by atoms with Crippen molar-refractivity contribution < 1.29 is 18.9 Å². The average Bonchev–Trinajstić information content (AvgIpc) is 3.07. The van der Waals surface area contributed by atoms with Gasteiger partial charge in [-0.2, -0.15) is 0 Å². The van der Waals surface area contributed by atoms with Gasteiger partial charge in [0.05, 0.1) is 37.6 Å². The number of rotatable bonds is 7. The average molecular weight is 346 g/mol. The van der Waals surface area contributed by atoms with Crippen LogP contribution in [0.5, 0.6) is 0 Å². The molecule has 2 aliphatic rings. The van der Waals surface area contributed by atoms with Crippen molar-refractivity contribution in [3.8, 4) is 0 Å². The summed E-state index contributed by atoms with van der Waals surface area (Å²) in [4.78, 5) is 0. The van der Waals surface area contributed by atoms with Crippen molar-refractivity contribution in [3.05, 3.63) is 48.6 Å². The first-order chi connectivity index (χ1) is 12.0. The molecule has 0 amide bonds. The SMILES string of the molecule is C=CC[C@@H]1O[C@H](CC2COC(C)(C)O2)[C@H](OCc2ccccc2)[C@H]1C. The minimum absolute atomic E-state index is 0.0196. The van der Waals surface area contributed by atoms with Crippen LogP contribution in [0.2, 0.25) is 0 Å². The quantitative estimate of drug-likeness (QED) is 0.697. The van der Waals surface area contributed by atoms with Gasteiger partial charge in [-0.1, -0.05) is 43.3 Å². The molecule has 1 aromatic rings. The number of hydrogen-bond donors (Lipinski definition) is 0. The van der Waals surface area contributed by atoms with Crippen LogP contribution in [0.25, 0.3) is 0 Å². The van der Waals surface area contributed by atoms with Gasteiger partial charge in [0.15, 0.2) is 5.79 Å². The normalized spacial score (nSPS) is 34.3. The van der Waals surface area contributed by atoms with Gasteiger partial charge in [-0.3, -0.25) is 0 Å². The monoisotopic (exact) mass is 346 g/mol. The van der Waals surface area contributed by atoms with Crippen molar-refractivity contribution in [2.24, 2.45) is 5.92 Å². The van der Waals surface area contributed by atoms with E-state index < -0.39 is 5.79 Å². The Labute approximate surface area is 151 Å². The molecule has 2 heterocycles. The fourth-order valence-corrected chi connectivity index (χ4v) is 3.76. The van der Waals surface area contributed by atoms with Gasteiger partial charge in [-0.25, -0.2) is 0 Å². The second-order valence-corrected chi connectivity index (χ2v) is 7.54. The third-order valence-electron chi connectivity index (χ3n) is 5.07. The lowest BCUT2D eigenvalue weighted by Crippen LogP contribution is -2.33. The van der Waals surface area contributed by atoms with Crippen LogP contribution in [0, 0.1) is 5.92 Å². The zero-order valence-electron chi connectivity index (χ0n) is 15.5. The van der Waals surface area contributed by atoms with E-state index >= 15 is 0 Å². The van der Waals surface area contributed by atoms with Gasteiger partial charge in [0, 0.05) is 12.3 Å². The molecule has 0 radical (unpaired) electrons. The van der Waals surface area contributed by atoms with E-state index in [1.54, 1.807) is 0 Å². The van der Waals surface area contributed by atoms with Crippen LogP contribution >= 0.6 is 0 Å². The maximum atomic E-state index is 6.31. The highest BCUT2D eigenvalue weighted by atomic mass is 16.7. The lowest BCUT2D eigenvalue weighted by molar-refractivity contribution is -0.144. The highest BCUT2D eigenvalue weighted by Crippen LogP contribution is 2.36. The van der Waals surface area contributed by atoms with Crippen molar-refractivity contribution in [2.75, 3.05) is 6.61 Å². The Balaban J connectivity index is 1.64. The van der Waals surface area contributed by atoms with Gasteiger partial charge in [-0.05, 0) is 25.8 Å². The van der Waals surface area contributed by atoms with Crippen LogP contribution in [0.1, 0.15) is 39.2 Å². The summed E-state index contributed by atoms with van der Waals surface area (Å²) in [6, 6.07) is 10.3. The lowest BCUT2D eigenvalue weighted by atomic mass is 9.94. The lowest BCUT2D eigenvalue weighted by Gasteiger charge is -2.24. The highest BCUT2D eigenvalue weighted by Gasteiger charge is 2.44. The topological polar surface area (TPSA) is 36.9 Å². The maximum Gasteiger partial charge on any atom is 0.163 e.